The van der Waals surface area contributed by atoms with Crippen molar-refractivity contribution < 1.29 is 4.42 Å². The minimum atomic E-state index is 0.790. The Labute approximate surface area is 100 Å². The molecule has 0 bridgehead atoms. The second-order valence-electron chi connectivity index (χ2n) is 4.50. The van der Waals surface area contributed by atoms with Crippen LogP contribution in [0.15, 0.2) is 28.7 Å². The SMILES string of the molecule is Nc1cccc2oc(CN3CCNCC3)cc12. The van der Waals surface area contributed by atoms with Crippen LogP contribution in [-0.4, -0.2) is 31.1 Å². The Morgan fingerprint density at radius 3 is 2.88 bits per heavy atom. The van der Waals surface area contributed by atoms with E-state index >= 15 is 0 Å². The van der Waals surface area contributed by atoms with Gasteiger partial charge in [0.25, 0.3) is 0 Å². The van der Waals surface area contributed by atoms with Crippen LogP contribution in [-0.2, 0) is 6.54 Å². The molecule has 0 unspecified atom stereocenters. The average molecular weight is 231 g/mol. The number of hydrogen-bond donors (Lipinski definition) is 2. The highest BCUT2D eigenvalue weighted by Crippen LogP contribution is 2.25. The van der Waals surface area contributed by atoms with Gasteiger partial charge in [0, 0.05) is 37.3 Å². The van der Waals surface area contributed by atoms with E-state index in [1.54, 1.807) is 0 Å². The molecular formula is C13H17N3O. The zero-order valence-electron chi connectivity index (χ0n) is 9.78. The highest BCUT2D eigenvalue weighted by atomic mass is 16.3. The van der Waals surface area contributed by atoms with Crippen LogP contribution >= 0.6 is 0 Å². The number of fused-ring (bicyclic) bond motifs is 1. The summed E-state index contributed by atoms with van der Waals surface area (Å²) < 4.78 is 5.81. The van der Waals surface area contributed by atoms with Gasteiger partial charge in [0.05, 0.1) is 6.54 Å². The molecule has 1 saturated heterocycles. The van der Waals surface area contributed by atoms with Crippen molar-refractivity contribution in [2.24, 2.45) is 0 Å². The molecule has 0 atom stereocenters. The molecule has 17 heavy (non-hydrogen) atoms. The summed E-state index contributed by atoms with van der Waals surface area (Å²) in [5, 5.41) is 4.37. The molecule has 0 saturated carbocycles. The van der Waals surface area contributed by atoms with E-state index in [1.165, 1.54) is 0 Å². The standard InChI is InChI=1S/C13H17N3O/c14-12-2-1-3-13-11(12)8-10(17-13)9-16-6-4-15-5-7-16/h1-3,8,15H,4-7,9,14H2. The first-order chi connectivity index (χ1) is 8.33. The maximum absolute atomic E-state index is 5.92. The molecule has 1 aromatic heterocycles. The van der Waals surface area contributed by atoms with Crippen molar-refractivity contribution in [2.75, 3.05) is 31.9 Å². The van der Waals surface area contributed by atoms with Crippen molar-refractivity contribution in [3.8, 4) is 0 Å². The third kappa shape index (κ3) is 2.14. The van der Waals surface area contributed by atoms with Crippen molar-refractivity contribution in [1.29, 1.82) is 0 Å². The van der Waals surface area contributed by atoms with E-state index in [4.69, 9.17) is 10.2 Å². The Balaban J connectivity index is 1.83. The summed E-state index contributed by atoms with van der Waals surface area (Å²) in [6, 6.07) is 7.86. The fourth-order valence-electron chi connectivity index (χ4n) is 2.30. The molecule has 0 radical (unpaired) electrons. The zero-order chi connectivity index (χ0) is 11.7. The molecule has 4 heteroatoms. The number of furan rings is 1. The molecule has 1 aromatic carbocycles. The molecule has 3 N–H and O–H groups in total. The van der Waals surface area contributed by atoms with Gasteiger partial charge in [-0.1, -0.05) is 6.07 Å². The average Bonchev–Trinajstić information content (AvgIpc) is 2.74. The van der Waals surface area contributed by atoms with Crippen LogP contribution in [0.4, 0.5) is 5.69 Å². The molecule has 0 spiro atoms. The van der Waals surface area contributed by atoms with Gasteiger partial charge in [-0.25, -0.2) is 0 Å². The van der Waals surface area contributed by atoms with Gasteiger partial charge in [0.2, 0.25) is 0 Å². The van der Waals surface area contributed by atoms with Crippen LogP contribution < -0.4 is 11.1 Å². The van der Waals surface area contributed by atoms with Crippen molar-refractivity contribution >= 4 is 16.7 Å². The zero-order valence-corrected chi connectivity index (χ0v) is 9.78. The predicted octanol–water partition coefficient (Wildman–Crippen LogP) is 1.42. The summed E-state index contributed by atoms with van der Waals surface area (Å²) >= 11 is 0. The number of nitrogens with zero attached hydrogens (tertiary/aromatic N) is 1. The molecule has 1 aliphatic heterocycles. The van der Waals surface area contributed by atoms with Crippen LogP contribution in [0.3, 0.4) is 0 Å². The maximum atomic E-state index is 5.92. The van der Waals surface area contributed by atoms with Crippen LogP contribution in [0, 0.1) is 0 Å². The third-order valence-electron chi connectivity index (χ3n) is 3.24. The highest BCUT2D eigenvalue weighted by Gasteiger charge is 2.13. The number of nitrogens with two attached hydrogens (primary N) is 1. The fourth-order valence-corrected chi connectivity index (χ4v) is 2.30. The quantitative estimate of drug-likeness (QED) is 0.768. The number of piperazine rings is 1. The number of nitrogens with one attached hydrogen (secondary N) is 1. The molecule has 0 aliphatic carbocycles. The van der Waals surface area contributed by atoms with Crippen LogP contribution in [0.2, 0.25) is 0 Å². The number of rotatable bonds is 2. The largest absolute Gasteiger partial charge is 0.460 e. The molecule has 1 fully saturated rings. The summed E-state index contributed by atoms with van der Waals surface area (Å²) in [6.45, 7) is 5.14. The van der Waals surface area contributed by atoms with Gasteiger partial charge in [0.15, 0.2) is 0 Å². The van der Waals surface area contributed by atoms with Gasteiger partial charge in [0.1, 0.15) is 11.3 Å². The summed E-state index contributed by atoms with van der Waals surface area (Å²) in [7, 11) is 0. The van der Waals surface area contributed by atoms with Gasteiger partial charge in [-0.3, -0.25) is 4.90 Å². The topological polar surface area (TPSA) is 54.4 Å². The first-order valence-corrected chi connectivity index (χ1v) is 6.03. The fraction of sp³-hybridized carbons (Fsp3) is 0.385. The molecule has 0 amide bonds. The van der Waals surface area contributed by atoms with Crippen LogP contribution in [0.25, 0.3) is 11.0 Å². The lowest BCUT2D eigenvalue weighted by atomic mass is 10.2. The monoisotopic (exact) mass is 231 g/mol. The second kappa shape index (κ2) is 4.39. The van der Waals surface area contributed by atoms with E-state index in [2.05, 4.69) is 16.3 Å². The molecular weight excluding hydrogens is 214 g/mol. The van der Waals surface area contributed by atoms with E-state index in [0.717, 1.165) is 55.1 Å². The molecule has 2 aromatic rings. The molecule has 2 heterocycles. The summed E-state index contributed by atoms with van der Waals surface area (Å²) in [4.78, 5) is 2.39. The van der Waals surface area contributed by atoms with Gasteiger partial charge in [-0.2, -0.15) is 0 Å². The Kier molecular flexibility index (Phi) is 2.74. The Bertz CT molecular complexity index is 514. The predicted molar refractivity (Wildman–Crippen MR) is 68.8 cm³/mol. The first kappa shape index (κ1) is 10.6. The van der Waals surface area contributed by atoms with Crippen molar-refractivity contribution in [2.45, 2.75) is 6.54 Å². The number of nitrogen functional groups attached to an aromatic ring is 1. The van der Waals surface area contributed by atoms with Gasteiger partial charge in [-0.05, 0) is 18.2 Å². The normalized spacial score (nSPS) is 17.6. The van der Waals surface area contributed by atoms with Crippen molar-refractivity contribution in [3.63, 3.8) is 0 Å². The summed E-state index contributed by atoms with van der Waals surface area (Å²) in [6.07, 6.45) is 0. The number of hydrogen-bond acceptors (Lipinski definition) is 4. The highest BCUT2D eigenvalue weighted by molar-refractivity contribution is 5.89. The minimum Gasteiger partial charge on any atom is -0.460 e. The van der Waals surface area contributed by atoms with E-state index in [0.29, 0.717) is 0 Å². The molecule has 3 rings (SSSR count). The van der Waals surface area contributed by atoms with Gasteiger partial charge >= 0.3 is 0 Å². The molecule has 90 valence electrons. The molecule has 1 aliphatic rings. The number of anilines is 1. The van der Waals surface area contributed by atoms with Gasteiger partial charge < -0.3 is 15.5 Å². The maximum Gasteiger partial charge on any atom is 0.136 e. The minimum absolute atomic E-state index is 0.790. The third-order valence-corrected chi connectivity index (χ3v) is 3.24. The summed E-state index contributed by atoms with van der Waals surface area (Å²) in [5.41, 5.74) is 7.59. The lowest BCUT2D eigenvalue weighted by molar-refractivity contribution is 0.218. The van der Waals surface area contributed by atoms with Crippen molar-refractivity contribution in [1.82, 2.24) is 10.2 Å². The summed E-state index contributed by atoms with van der Waals surface area (Å²) in [5.74, 6) is 1.000. The Morgan fingerprint density at radius 1 is 1.29 bits per heavy atom. The van der Waals surface area contributed by atoms with E-state index in [-0.39, 0.29) is 0 Å². The Morgan fingerprint density at radius 2 is 2.12 bits per heavy atom. The van der Waals surface area contributed by atoms with Crippen LogP contribution in [0.1, 0.15) is 5.76 Å². The van der Waals surface area contributed by atoms with E-state index < -0.39 is 0 Å². The smallest absolute Gasteiger partial charge is 0.136 e. The van der Waals surface area contributed by atoms with E-state index in [1.807, 2.05) is 18.2 Å². The number of benzene rings is 1. The molecule has 4 nitrogen and oxygen atoms in total. The van der Waals surface area contributed by atoms with Crippen LogP contribution in [0.5, 0.6) is 0 Å². The lowest BCUT2D eigenvalue weighted by Gasteiger charge is -2.26. The lowest BCUT2D eigenvalue weighted by Crippen LogP contribution is -2.42. The Hall–Kier alpha value is -1.52. The first-order valence-electron chi connectivity index (χ1n) is 6.03. The van der Waals surface area contributed by atoms with Crippen molar-refractivity contribution in [3.05, 3.63) is 30.0 Å². The second-order valence-corrected chi connectivity index (χ2v) is 4.50. The van der Waals surface area contributed by atoms with E-state index in [9.17, 15) is 0 Å². The van der Waals surface area contributed by atoms with Gasteiger partial charge in [-0.15, -0.1) is 0 Å².